The zero-order chi connectivity index (χ0) is 16.2. The summed E-state index contributed by atoms with van der Waals surface area (Å²) in [6, 6.07) is 11.1. The zero-order valence-electron chi connectivity index (χ0n) is 13.0. The van der Waals surface area contributed by atoms with Crippen molar-refractivity contribution in [3.05, 3.63) is 54.1 Å². The van der Waals surface area contributed by atoms with E-state index in [0.717, 1.165) is 16.7 Å². The molecular formula is C17H18N4O2. The number of methoxy groups -OCH3 is 1. The molecule has 118 valence electrons. The zero-order valence-corrected chi connectivity index (χ0v) is 13.0. The number of fused-ring (bicyclic) bond motifs is 1. The smallest absolute Gasteiger partial charge is 0.137 e. The van der Waals surface area contributed by atoms with Gasteiger partial charge in [-0.2, -0.15) is 0 Å². The summed E-state index contributed by atoms with van der Waals surface area (Å²) in [5.41, 5.74) is 1.45. The molecule has 0 fully saturated rings. The van der Waals surface area contributed by atoms with Gasteiger partial charge >= 0.3 is 0 Å². The Kier molecular flexibility index (Phi) is 4.34. The molecule has 0 bridgehead atoms. The number of nitrogens with zero attached hydrogens (tertiary/aromatic N) is 3. The molecule has 23 heavy (non-hydrogen) atoms. The minimum atomic E-state index is -0.716. The van der Waals surface area contributed by atoms with E-state index < -0.39 is 6.10 Å². The molecule has 1 aromatic carbocycles. The summed E-state index contributed by atoms with van der Waals surface area (Å²) in [6.07, 6.45) is 0.945. The number of ether oxygens (including phenoxy) is 1. The first kappa shape index (κ1) is 15.2. The number of aryl methyl sites for hydroxylation is 1. The van der Waals surface area contributed by atoms with Gasteiger partial charge in [-0.05, 0) is 37.3 Å². The summed E-state index contributed by atoms with van der Waals surface area (Å²) < 4.78 is 5.26. The molecule has 0 unspecified atom stereocenters. The molecule has 3 rings (SSSR count). The summed E-state index contributed by atoms with van der Waals surface area (Å²) >= 11 is 0. The number of rotatable bonds is 5. The highest BCUT2D eigenvalue weighted by atomic mass is 16.5. The maximum Gasteiger partial charge on any atom is 0.137 e. The number of aliphatic hydroxyl groups is 1. The SMILES string of the molecule is COc1ccc2nc(C)nc(NC[C@H](O)c3ccccn3)c2c1. The molecule has 0 amide bonds. The molecule has 0 spiro atoms. The second kappa shape index (κ2) is 6.58. The predicted octanol–water partition coefficient (Wildman–Crippen LogP) is 2.49. The topological polar surface area (TPSA) is 80.2 Å². The first-order valence-electron chi connectivity index (χ1n) is 7.32. The van der Waals surface area contributed by atoms with E-state index in [1.807, 2.05) is 37.3 Å². The average molecular weight is 310 g/mol. The van der Waals surface area contributed by atoms with Crippen LogP contribution in [-0.2, 0) is 0 Å². The molecule has 0 radical (unpaired) electrons. The largest absolute Gasteiger partial charge is 0.497 e. The Hall–Kier alpha value is -2.73. The van der Waals surface area contributed by atoms with Gasteiger partial charge in [0.05, 0.1) is 18.3 Å². The minimum absolute atomic E-state index is 0.305. The van der Waals surface area contributed by atoms with Gasteiger partial charge in [0.15, 0.2) is 0 Å². The predicted molar refractivity (Wildman–Crippen MR) is 88.5 cm³/mol. The Labute approximate surface area is 134 Å². The Morgan fingerprint density at radius 3 is 2.83 bits per heavy atom. The summed E-state index contributed by atoms with van der Waals surface area (Å²) in [7, 11) is 1.62. The number of pyridine rings is 1. The summed E-state index contributed by atoms with van der Waals surface area (Å²) in [5, 5.41) is 14.3. The van der Waals surface area contributed by atoms with Crippen molar-refractivity contribution in [3.63, 3.8) is 0 Å². The average Bonchev–Trinajstić information content (AvgIpc) is 2.59. The van der Waals surface area contributed by atoms with E-state index in [2.05, 4.69) is 20.3 Å². The molecule has 2 N–H and O–H groups in total. The van der Waals surface area contributed by atoms with Crippen LogP contribution in [0.15, 0.2) is 42.6 Å². The Balaban J connectivity index is 1.87. The van der Waals surface area contributed by atoms with Gasteiger partial charge in [0, 0.05) is 18.1 Å². The lowest BCUT2D eigenvalue weighted by Gasteiger charge is -2.14. The first-order valence-corrected chi connectivity index (χ1v) is 7.32. The van der Waals surface area contributed by atoms with Gasteiger partial charge in [0.2, 0.25) is 0 Å². The fourth-order valence-corrected chi connectivity index (χ4v) is 2.36. The van der Waals surface area contributed by atoms with Crippen molar-refractivity contribution in [1.29, 1.82) is 0 Å². The second-order valence-corrected chi connectivity index (χ2v) is 5.15. The summed E-state index contributed by atoms with van der Waals surface area (Å²) in [5.74, 6) is 2.07. The summed E-state index contributed by atoms with van der Waals surface area (Å²) in [4.78, 5) is 13.0. The van der Waals surface area contributed by atoms with Gasteiger partial charge in [-0.1, -0.05) is 6.07 Å². The molecule has 0 aliphatic heterocycles. The molecular weight excluding hydrogens is 292 g/mol. The number of aromatic nitrogens is 3. The van der Waals surface area contributed by atoms with Gasteiger partial charge in [-0.25, -0.2) is 9.97 Å². The van der Waals surface area contributed by atoms with E-state index >= 15 is 0 Å². The van der Waals surface area contributed by atoms with Crippen molar-refractivity contribution in [2.45, 2.75) is 13.0 Å². The highest BCUT2D eigenvalue weighted by Gasteiger charge is 2.11. The maximum atomic E-state index is 10.2. The van der Waals surface area contributed by atoms with Crippen LogP contribution in [-0.4, -0.2) is 33.7 Å². The molecule has 6 nitrogen and oxygen atoms in total. The van der Waals surface area contributed by atoms with E-state index in [1.165, 1.54) is 0 Å². The Bertz CT molecular complexity index is 808. The molecule has 2 aromatic heterocycles. The quantitative estimate of drug-likeness (QED) is 0.753. The van der Waals surface area contributed by atoms with E-state index in [-0.39, 0.29) is 0 Å². The second-order valence-electron chi connectivity index (χ2n) is 5.15. The van der Waals surface area contributed by atoms with Gasteiger partial charge in [0.1, 0.15) is 23.5 Å². The van der Waals surface area contributed by atoms with Crippen LogP contribution < -0.4 is 10.1 Å². The van der Waals surface area contributed by atoms with Crippen LogP contribution >= 0.6 is 0 Å². The van der Waals surface area contributed by atoms with Crippen LogP contribution in [0.2, 0.25) is 0 Å². The monoisotopic (exact) mass is 310 g/mol. The first-order chi connectivity index (χ1) is 11.2. The van der Waals surface area contributed by atoms with Crippen LogP contribution in [0.1, 0.15) is 17.6 Å². The molecule has 3 aromatic rings. The fraction of sp³-hybridized carbons (Fsp3) is 0.235. The standard InChI is InChI=1S/C17H18N4O2/c1-11-20-14-7-6-12(23-2)9-13(14)17(21-11)19-10-16(22)15-5-3-4-8-18-15/h3-9,16,22H,10H2,1-2H3,(H,19,20,21)/t16-/m0/s1. The van der Waals surface area contributed by atoms with Crippen LogP contribution in [0.25, 0.3) is 10.9 Å². The number of anilines is 1. The number of aliphatic hydroxyl groups excluding tert-OH is 1. The third-order valence-electron chi connectivity index (χ3n) is 3.51. The van der Waals surface area contributed by atoms with Crippen molar-refractivity contribution in [2.75, 3.05) is 19.0 Å². The third kappa shape index (κ3) is 3.37. The van der Waals surface area contributed by atoms with Gasteiger partial charge in [0.25, 0.3) is 0 Å². The lowest BCUT2D eigenvalue weighted by atomic mass is 10.2. The van der Waals surface area contributed by atoms with E-state index in [9.17, 15) is 5.11 Å². The number of hydrogen-bond acceptors (Lipinski definition) is 6. The molecule has 6 heteroatoms. The van der Waals surface area contributed by atoms with E-state index in [1.54, 1.807) is 19.4 Å². The lowest BCUT2D eigenvalue weighted by molar-refractivity contribution is 0.186. The van der Waals surface area contributed by atoms with Crippen LogP contribution in [0.4, 0.5) is 5.82 Å². The van der Waals surface area contributed by atoms with Crippen molar-refractivity contribution < 1.29 is 9.84 Å². The van der Waals surface area contributed by atoms with E-state index in [0.29, 0.717) is 23.9 Å². The van der Waals surface area contributed by atoms with Crippen molar-refractivity contribution in [3.8, 4) is 5.75 Å². The highest BCUT2D eigenvalue weighted by Crippen LogP contribution is 2.25. The van der Waals surface area contributed by atoms with Gasteiger partial charge < -0.3 is 15.2 Å². The lowest BCUT2D eigenvalue weighted by Crippen LogP contribution is -2.14. The minimum Gasteiger partial charge on any atom is -0.497 e. The molecule has 1 atom stereocenters. The molecule has 0 aliphatic rings. The maximum absolute atomic E-state index is 10.2. The van der Waals surface area contributed by atoms with Crippen molar-refractivity contribution >= 4 is 16.7 Å². The number of nitrogens with one attached hydrogen (secondary N) is 1. The van der Waals surface area contributed by atoms with Crippen molar-refractivity contribution in [2.24, 2.45) is 0 Å². The molecule has 0 saturated carbocycles. The van der Waals surface area contributed by atoms with E-state index in [4.69, 9.17) is 4.74 Å². The number of benzene rings is 1. The van der Waals surface area contributed by atoms with Crippen LogP contribution in [0, 0.1) is 6.92 Å². The molecule has 0 saturated heterocycles. The molecule has 2 heterocycles. The molecule has 0 aliphatic carbocycles. The third-order valence-corrected chi connectivity index (χ3v) is 3.51. The Morgan fingerprint density at radius 2 is 2.09 bits per heavy atom. The van der Waals surface area contributed by atoms with Crippen LogP contribution in [0.3, 0.4) is 0 Å². The normalized spacial score (nSPS) is 12.1. The van der Waals surface area contributed by atoms with Gasteiger partial charge in [-0.15, -0.1) is 0 Å². The highest BCUT2D eigenvalue weighted by molar-refractivity contribution is 5.90. The Morgan fingerprint density at radius 1 is 1.22 bits per heavy atom. The number of hydrogen-bond donors (Lipinski definition) is 2. The summed E-state index contributed by atoms with van der Waals surface area (Å²) in [6.45, 7) is 2.14. The van der Waals surface area contributed by atoms with Crippen LogP contribution in [0.5, 0.6) is 5.75 Å². The van der Waals surface area contributed by atoms with Gasteiger partial charge in [-0.3, -0.25) is 4.98 Å². The van der Waals surface area contributed by atoms with Crippen molar-refractivity contribution in [1.82, 2.24) is 15.0 Å². The fourth-order valence-electron chi connectivity index (χ4n) is 2.36.